The Balaban J connectivity index is 3.00. The molecule has 0 saturated carbocycles. The molecule has 72 valence electrons. The SMILES string of the molecule is CC(C)n1cncc1C(N)C(N)=O. The van der Waals surface area contributed by atoms with Crippen LogP contribution in [0.3, 0.4) is 0 Å². The molecule has 1 aromatic heterocycles. The summed E-state index contributed by atoms with van der Waals surface area (Å²) in [6.45, 7) is 3.97. The molecule has 0 saturated heterocycles. The van der Waals surface area contributed by atoms with Crippen molar-refractivity contribution in [3.05, 3.63) is 18.2 Å². The number of hydrogen-bond donors (Lipinski definition) is 2. The lowest BCUT2D eigenvalue weighted by molar-refractivity contribution is -0.119. The van der Waals surface area contributed by atoms with E-state index < -0.39 is 11.9 Å². The number of amides is 1. The van der Waals surface area contributed by atoms with E-state index in [0.29, 0.717) is 5.69 Å². The summed E-state index contributed by atoms with van der Waals surface area (Å²) < 4.78 is 1.83. The molecule has 1 heterocycles. The molecule has 5 heteroatoms. The van der Waals surface area contributed by atoms with E-state index in [1.807, 2.05) is 18.4 Å². The molecule has 5 nitrogen and oxygen atoms in total. The van der Waals surface area contributed by atoms with Crippen LogP contribution in [0.5, 0.6) is 0 Å². The summed E-state index contributed by atoms with van der Waals surface area (Å²) in [7, 11) is 0. The Bertz CT molecular complexity index is 305. The summed E-state index contributed by atoms with van der Waals surface area (Å²) in [6.07, 6.45) is 3.21. The van der Waals surface area contributed by atoms with E-state index in [-0.39, 0.29) is 6.04 Å². The lowest BCUT2D eigenvalue weighted by Crippen LogP contribution is -2.30. The predicted molar refractivity (Wildman–Crippen MR) is 48.7 cm³/mol. The van der Waals surface area contributed by atoms with Crippen molar-refractivity contribution < 1.29 is 4.79 Å². The fourth-order valence-electron chi connectivity index (χ4n) is 1.13. The molecule has 0 aromatic carbocycles. The van der Waals surface area contributed by atoms with Crippen molar-refractivity contribution in [3.63, 3.8) is 0 Å². The molecule has 0 fully saturated rings. The van der Waals surface area contributed by atoms with Gasteiger partial charge in [0.2, 0.25) is 5.91 Å². The predicted octanol–water partition coefficient (Wildman–Crippen LogP) is -0.0509. The van der Waals surface area contributed by atoms with Crippen molar-refractivity contribution >= 4 is 5.91 Å². The van der Waals surface area contributed by atoms with Gasteiger partial charge in [0.15, 0.2) is 0 Å². The maximum absolute atomic E-state index is 10.8. The maximum atomic E-state index is 10.8. The highest BCUT2D eigenvalue weighted by Crippen LogP contribution is 2.14. The molecule has 1 unspecified atom stereocenters. The molecule has 0 spiro atoms. The van der Waals surface area contributed by atoms with Gasteiger partial charge in [0.1, 0.15) is 6.04 Å². The summed E-state index contributed by atoms with van der Waals surface area (Å²) >= 11 is 0. The number of nitrogens with zero attached hydrogens (tertiary/aromatic N) is 2. The van der Waals surface area contributed by atoms with Crippen LogP contribution in [-0.2, 0) is 4.79 Å². The molecule has 0 aliphatic heterocycles. The quantitative estimate of drug-likeness (QED) is 0.687. The van der Waals surface area contributed by atoms with Gasteiger partial charge in [-0.05, 0) is 13.8 Å². The fourth-order valence-corrected chi connectivity index (χ4v) is 1.13. The monoisotopic (exact) mass is 182 g/mol. The Hall–Kier alpha value is -1.36. The summed E-state index contributed by atoms with van der Waals surface area (Å²) in [6, 6.07) is -0.548. The van der Waals surface area contributed by atoms with Crippen LogP contribution in [0.15, 0.2) is 12.5 Å². The van der Waals surface area contributed by atoms with Crippen LogP contribution < -0.4 is 11.5 Å². The normalized spacial score (nSPS) is 13.2. The van der Waals surface area contributed by atoms with E-state index in [2.05, 4.69) is 4.98 Å². The zero-order valence-corrected chi connectivity index (χ0v) is 7.77. The van der Waals surface area contributed by atoms with Gasteiger partial charge in [0, 0.05) is 6.04 Å². The minimum absolute atomic E-state index is 0.225. The van der Waals surface area contributed by atoms with Crippen LogP contribution in [0.25, 0.3) is 0 Å². The van der Waals surface area contributed by atoms with Crippen molar-refractivity contribution in [2.45, 2.75) is 25.9 Å². The first-order valence-electron chi connectivity index (χ1n) is 4.10. The average Bonchev–Trinajstić information content (AvgIpc) is 2.50. The topological polar surface area (TPSA) is 86.9 Å². The Labute approximate surface area is 76.7 Å². The minimum atomic E-state index is -0.773. The lowest BCUT2D eigenvalue weighted by atomic mass is 10.2. The number of hydrogen-bond acceptors (Lipinski definition) is 3. The molecular weight excluding hydrogens is 168 g/mol. The smallest absolute Gasteiger partial charge is 0.240 e. The lowest BCUT2D eigenvalue weighted by Gasteiger charge is -2.14. The molecule has 4 N–H and O–H groups in total. The third kappa shape index (κ3) is 1.86. The van der Waals surface area contributed by atoms with Gasteiger partial charge >= 0.3 is 0 Å². The third-order valence-corrected chi connectivity index (χ3v) is 1.88. The molecule has 1 rings (SSSR count). The van der Waals surface area contributed by atoms with E-state index >= 15 is 0 Å². The molecule has 0 bridgehead atoms. The van der Waals surface area contributed by atoms with Crippen LogP contribution in [0.1, 0.15) is 31.6 Å². The highest BCUT2D eigenvalue weighted by Gasteiger charge is 2.17. The van der Waals surface area contributed by atoms with Gasteiger partial charge in [-0.3, -0.25) is 4.79 Å². The van der Waals surface area contributed by atoms with Crippen LogP contribution in [-0.4, -0.2) is 15.5 Å². The van der Waals surface area contributed by atoms with Gasteiger partial charge < -0.3 is 16.0 Å². The first-order valence-corrected chi connectivity index (χ1v) is 4.10. The van der Waals surface area contributed by atoms with Gasteiger partial charge in [-0.2, -0.15) is 0 Å². The Morgan fingerprint density at radius 1 is 1.62 bits per heavy atom. The molecule has 0 radical (unpaired) electrons. The van der Waals surface area contributed by atoms with E-state index in [4.69, 9.17) is 11.5 Å². The van der Waals surface area contributed by atoms with Crippen molar-refractivity contribution in [1.82, 2.24) is 9.55 Å². The van der Waals surface area contributed by atoms with Gasteiger partial charge in [-0.15, -0.1) is 0 Å². The van der Waals surface area contributed by atoms with Crippen molar-refractivity contribution in [1.29, 1.82) is 0 Å². The Morgan fingerprint density at radius 2 is 2.23 bits per heavy atom. The largest absolute Gasteiger partial charge is 0.368 e. The number of rotatable bonds is 3. The fraction of sp³-hybridized carbons (Fsp3) is 0.500. The summed E-state index contributed by atoms with van der Waals surface area (Å²) in [5.41, 5.74) is 11.3. The number of carbonyl (C=O) groups excluding carboxylic acids is 1. The minimum Gasteiger partial charge on any atom is -0.368 e. The average molecular weight is 182 g/mol. The standard InChI is InChI=1S/C8H14N4O/c1-5(2)12-4-11-3-6(12)7(9)8(10)13/h3-5,7H,9H2,1-2H3,(H2,10,13). The van der Waals surface area contributed by atoms with Gasteiger partial charge in [-0.1, -0.05) is 0 Å². The second-order valence-corrected chi connectivity index (χ2v) is 3.20. The second kappa shape index (κ2) is 3.57. The van der Waals surface area contributed by atoms with Crippen LogP contribution in [0.4, 0.5) is 0 Å². The molecule has 0 aliphatic rings. The van der Waals surface area contributed by atoms with Gasteiger partial charge in [0.05, 0.1) is 18.2 Å². The highest BCUT2D eigenvalue weighted by atomic mass is 16.1. The highest BCUT2D eigenvalue weighted by molar-refractivity contribution is 5.80. The van der Waals surface area contributed by atoms with E-state index in [0.717, 1.165) is 0 Å². The zero-order chi connectivity index (χ0) is 10.0. The Kier molecular flexibility index (Phi) is 2.67. The van der Waals surface area contributed by atoms with Crippen molar-refractivity contribution in [3.8, 4) is 0 Å². The number of carbonyl (C=O) groups is 1. The van der Waals surface area contributed by atoms with Crippen LogP contribution in [0.2, 0.25) is 0 Å². The van der Waals surface area contributed by atoms with Crippen molar-refractivity contribution in [2.75, 3.05) is 0 Å². The number of nitrogens with two attached hydrogens (primary N) is 2. The summed E-state index contributed by atoms with van der Waals surface area (Å²) in [5.74, 6) is -0.539. The molecular formula is C8H14N4O. The molecule has 13 heavy (non-hydrogen) atoms. The number of imidazole rings is 1. The molecule has 1 atom stereocenters. The first kappa shape index (κ1) is 9.73. The van der Waals surface area contributed by atoms with Crippen molar-refractivity contribution in [2.24, 2.45) is 11.5 Å². The Morgan fingerprint density at radius 3 is 2.69 bits per heavy atom. The van der Waals surface area contributed by atoms with Crippen LogP contribution >= 0.6 is 0 Å². The number of aromatic nitrogens is 2. The second-order valence-electron chi connectivity index (χ2n) is 3.20. The van der Waals surface area contributed by atoms with E-state index in [1.54, 1.807) is 12.5 Å². The maximum Gasteiger partial charge on any atom is 0.240 e. The van der Waals surface area contributed by atoms with Gasteiger partial charge in [0.25, 0.3) is 0 Å². The molecule has 1 aromatic rings. The van der Waals surface area contributed by atoms with Crippen LogP contribution in [0, 0.1) is 0 Å². The number of primary amides is 1. The van der Waals surface area contributed by atoms with E-state index in [1.165, 1.54) is 0 Å². The summed E-state index contributed by atoms with van der Waals surface area (Å²) in [4.78, 5) is 14.8. The molecule has 1 amide bonds. The zero-order valence-electron chi connectivity index (χ0n) is 7.77. The summed E-state index contributed by atoms with van der Waals surface area (Å²) in [5, 5.41) is 0. The molecule has 0 aliphatic carbocycles. The van der Waals surface area contributed by atoms with E-state index in [9.17, 15) is 4.79 Å². The van der Waals surface area contributed by atoms with Gasteiger partial charge in [-0.25, -0.2) is 4.98 Å². The third-order valence-electron chi connectivity index (χ3n) is 1.88. The first-order chi connectivity index (χ1) is 6.04.